The Kier molecular flexibility index (Phi) is 3.85. The number of hydrogen-bond acceptors (Lipinski definition) is 1. The second-order valence-electron chi connectivity index (χ2n) is 4.04. The number of hydrogen-bond donors (Lipinski definition) is 0. The molecule has 0 radical (unpaired) electrons. The largest absolute Gasteiger partial charge is 0.573 e. The summed E-state index contributed by atoms with van der Waals surface area (Å²) in [6, 6.07) is 11.5. The molecule has 2 aromatic carbocycles. The third kappa shape index (κ3) is 3.73. The van der Waals surface area contributed by atoms with Crippen molar-refractivity contribution in [3.63, 3.8) is 0 Å². The lowest BCUT2D eigenvalue weighted by Crippen LogP contribution is -2.17. The van der Waals surface area contributed by atoms with Crippen molar-refractivity contribution in [2.75, 3.05) is 0 Å². The average Bonchev–Trinajstić information content (AvgIpc) is 2.31. The molecule has 0 fully saturated rings. The van der Waals surface area contributed by atoms with Crippen molar-refractivity contribution in [3.05, 3.63) is 52.5 Å². The molecule has 0 spiro atoms. The van der Waals surface area contributed by atoms with Crippen LogP contribution in [0.4, 0.5) is 13.2 Å². The summed E-state index contributed by atoms with van der Waals surface area (Å²) in [5.41, 5.74) is 2.53. The maximum Gasteiger partial charge on any atom is 0.573 e. The molecule has 0 saturated heterocycles. The molecule has 2 aromatic rings. The molecule has 0 saturated carbocycles. The molecule has 0 aliphatic heterocycles. The highest BCUT2D eigenvalue weighted by atomic mass is 79.9. The lowest BCUT2D eigenvalue weighted by molar-refractivity contribution is -0.274. The van der Waals surface area contributed by atoms with Gasteiger partial charge in [0.15, 0.2) is 0 Å². The summed E-state index contributed by atoms with van der Waals surface area (Å²) in [7, 11) is 0. The third-order valence-electron chi connectivity index (χ3n) is 2.56. The summed E-state index contributed by atoms with van der Waals surface area (Å²) < 4.78 is 41.4. The Morgan fingerprint density at radius 3 is 2.32 bits per heavy atom. The minimum absolute atomic E-state index is 0.217. The molecule has 0 amide bonds. The van der Waals surface area contributed by atoms with E-state index in [-0.39, 0.29) is 5.75 Å². The van der Waals surface area contributed by atoms with Crippen LogP contribution in [0.15, 0.2) is 46.9 Å². The van der Waals surface area contributed by atoms with Gasteiger partial charge >= 0.3 is 6.36 Å². The molecule has 0 aromatic heterocycles. The fourth-order valence-electron chi connectivity index (χ4n) is 1.70. The molecule has 0 bridgehead atoms. The first-order valence-corrected chi connectivity index (χ1v) is 6.27. The molecule has 2 rings (SSSR count). The lowest BCUT2D eigenvalue weighted by atomic mass is 10.0. The van der Waals surface area contributed by atoms with Gasteiger partial charge in [-0.1, -0.05) is 40.2 Å². The van der Waals surface area contributed by atoms with Crippen LogP contribution in [0.3, 0.4) is 0 Å². The van der Waals surface area contributed by atoms with E-state index >= 15 is 0 Å². The summed E-state index contributed by atoms with van der Waals surface area (Å²) in [4.78, 5) is 0. The second-order valence-corrected chi connectivity index (χ2v) is 4.89. The van der Waals surface area contributed by atoms with E-state index in [1.54, 1.807) is 6.07 Å². The van der Waals surface area contributed by atoms with Gasteiger partial charge in [-0.2, -0.15) is 0 Å². The number of ether oxygens (including phenoxy) is 1. The zero-order valence-corrected chi connectivity index (χ0v) is 11.5. The Labute approximate surface area is 117 Å². The van der Waals surface area contributed by atoms with E-state index in [1.165, 1.54) is 18.2 Å². The van der Waals surface area contributed by atoms with Crippen LogP contribution in [0.2, 0.25) is 0 Å². The van der Waals surface area contributed by atoms with Gasteiger partial charge in [0.2, 0.25) is 0 Å². The second kappa shape index (κ2) is 5.25. The van der Waals surface area contributed by atoms with Crippen LogP contribution >= 0.6 is 15.9 Å². The van der Waals surface area contributed by atoms with Crippen molar-refractivity contribution in [3.8, 4) is 16.9 Å². The van der Waals surface area contributed by atoms with Crippen LogP contribution in [0.1, 0.15) is 5.56 Å². The van der Waals surface area contributed by atoms with Gasteiger partial charge in [0, 0.05) is 4.47 Å². The molecule has 0 heterocycles. The summed E-state index contributed by atoms with van der Waals surface area (Å²) in [5, 5.41) is 0. The number of halogens is 4. The number of alkyl halides is 3. The van der Waals surface area contributed by atoms with Crippen molar-refractivity contribution >= 4 is 15.9 Å². The first-order chi connectivity index (χ1) is 8.85. The standard InChI is InChI=1S/C14H10BrF3O/c1-9-7-11(5-6-13(9)15)10-3-2-4-12(8-10)19-14(16,17)18/h2-8H,1H3. The van der Waals surface area contributed by atoms with Gasteiger partial charge in [0.25, 0.3) is 0 Å². The van der Waals surface area contributed by atoms with Gasteiger partial charge in [0.1, 0.15) is 5.75 Å². The quantitative estimate of drug-likeness (QED) is 0.723. The topological polar surface area (TPSA) is 9.23 Å². The minimum Gasteiger partial charge on any atom is -0.406 e. The molecule has 19 heavy (non-hydrogen) atoms. The maximum absolute atomic E-state index is 12.2. The highest BCUT2D eigenvalue weighted by molar-refractivity contribution is 9.10. The van der Waals surface area contributed by atoms with E-state index in [9.17, 15) is 13.2 Å². The van der Waals surface area contributed by atoms with Crippen LogP contribution in [0.25, 0.3) is 11.1 Å². The van der Waals surface area contributed by atoms with E-state index < -0.39 is 6.36 Å². The Balaban J connectivity index is 2.35. The van der Waals surface area contributed by atoms with Gasteiger partial charge in [-0.3, -0.25) is 0 Å². The number of aryl methyl sites for hydroxylation is 1. The van der Waals surface area contributed by atoms with Gasteiger partial charge in [-0.05, 0) is 41.8 Å². The Hall–Kier alpha value is -1.49. The lowest BCUT2D eigenvalue weighted by Gasteiger charge is -2.10. The van der Waals surface area contributed by atoms with E-state index in [2.05, 4.69) is 20.7 Å². The van der Waals surface area contributed by atoms with Gasteiger partial charge in [-0.15, -0.1) is 13.2 Å². The Bertz CT molecular complexity index is 593. The summed E-state index contributed by atoms with van der Waals surface area (Å²) in [6.45, 7) is 1.92. The smallest absolute Gasteiger partial charge is 0.406 e. The van der Waals surface area contributed by atoms with Crippen LogP contribution < -0.4 is 4.74 Å². The zero-order chi connectivity index (χ0) is 14.0. The van der Waals surface area contributed by atoms with E-state index in [4.69, 9.17) is 0 Å². The first-order valence-electron chi connectivity index (χ1n) is 5.47. The fourth-order valence-corrected chi connectivity index (χ4v) is 1.94. The monoisotopic (exact) mass is 330 g/mol. The molecule has 1 nitrogen and oxygen atoms in total. The van der Waals surface area contributed by atoms with Crippen molar-refractivity contribution in [2.45, 2.75) is 13.3 Å². The highest BCUT2D eigenvalue weighted by Crippen LogP contribution is 2.29. The van der Waals surface area contributed by atoms with E-state index in [0.717, 1.165) is 15.6 Å². The van der Waals surface area contributed by atoms with Crippen LogP contribution in [0, 0.1) is 6.92 Å². The molecule has 0 unspecified atom stereocenters. The van der Waals surface area contributed by atoms with Gasteiger partial charge in [-0.25, -0.2) is 0 Å². The molecule has 0 aliphatic rings. The van der Waals surface area contributed by atoms with Crippen molar-refractivity contribution in [1.29, 1.82) is 0 Å². The maximum atomic E-state index is 12.2. The third-order valence-corrected chi connectivity index (χ3v) is 3.45. The summed E-state index contributed by atoms with van der Waals surface area (Å²) in [6.07, 6.45) is -4.67. The highest BCUT2D eigenvalue weighted by Gasteiger charge is 2.31. The normalized spacial score (nSPS) is 11.4. The molecular formula is C14H10BrF3O. The molecule has 0 atom stereocenters. The van der Waals surface area contributed by atoms with Crippen molar-refractivity contribution in [1.82, 2.24) is 0 Å². The number of benzene rings is 2. The summed E-state index contributed by atoms with van der Waals surface area (Å²) >= 11 is 3.38. The molecule has 0 N–H and O–H groups in total. The van der Waals surface area contributed by atoms with Gasteiger partial charge < -0.3 is 4.74 Å². The van der Waals surface area contributed by atoms with Crippen LogP contribution in [-0.2, 0) is 0 Å². The van der Waals surface area contributed by atoms with Gasteiger partial charge in [0.05, 0.1) is 0 Å². The zero-order valence-electron chi connectivity index (χ0n) is 9.96. The predicted molar refractivity (Wildman–Crippen MR) is 71.0 cm³/mol. The van der Waals surface area contributed by atoms with E-state index in [0.29, 0.717) is 5.56 Å². The number of rotatable bonds is 2. The first kappa shape index (κ1) is 13.9. The molecule has 5 heteroatoms. The summed E-state index contributed by atoms with van der Waals surface area (Å²) in [5.74, 6) is -0.217. The minimum atomic E-state index is -4.67. The molecule has 0 aliphatic carbocycles. The van der Waals surface area contributed by atoms with Crippen LogP contribution in [-0.4, -0.2) is 6.36 Å². The predicted octanol–water partition coefficient (Wildman–Crippen LogP) is 5.32. The van der Waals surface area contributed by atoms with Crippen molar-refractivity contribution < 1.29 is 17.9 Å². The SMILES string of the molecule is Cc1cc(-c2cccc(OC(F)(F)F)c2)ccc1Br. The van der Waals surface area contributed by atoms with Crippen molar-refractivity contribution in [2.24, 2.45) is 0 Å². The average molecular weight is 331 g/mol. The Morgan fingerprint density at radius 2 is 1.68 bits per heavy atom. The molecular weight excluding hydrogens is 321 g/mol. The fraction of sp³-hybridized carbons (Fsp3) is 0.143. The molecule has 100 valence electrons. The Morgan fingerprint density at radius 1 is 1.00 bits per heavy atom. The van der Waals surface area contributed by atoms with Crippen LogP contribution in [0.5, 0.6) is 5.75 Å². The van der Waals surface area contributed by atoms with E-state index in [1.807, 2.05) is 25.1 Å².